The van der Waals surface area contributed by atoms with E-state index in [2.05, 4.69) is 26.1 Å². The molecule has 33 heavy (non-hydrogen) atoms. The van der Waals surface area contributed by atoms with Gasteiger partial charge in [-0.1, -0.05) is 48.5 Å². The third-order valence-corrected chi connectivity index (χ3v) is 5.14. The fourth-order valence-electron chi connectivity index (χ4n) is 3.30. The molecule has 0 aliphatic carbocycles. The van der Waals surface area contributed by atoms with E-state index in [9.17, 15) is 14.4 Å². The summed E-state index contributed by atoms with van der Waals surface area (Å²) in [5.41, 5.74) is 2.99. The zero-order valence-corrected chi connectivity index (χ0v) is 18.0. The minimum Gasteiger partial charge on any atom is -0.348 e. The van der Waals surface area contributed by atoms with Crippen LogP contribution in [-0.2, 0) is 11.3 Å². The van der Waals surface area contributed by atoms with Crippen LogP contribution in [0.4, 0.5) is 5.69 Å². The number of nitrogens with one attached hydrogen (secondary N) is 4. The van der Waals surface area contributed by atoms with Gasteiger partial charge < -0.3 is 16.0 Å². The summed E-state index contributed by atoms with van der Waals surface area (Å²) in [4.78, 5) is 37.4. The Labute approximate surface area is 190 Å². The average molecular weight is 441 g/mol. The summed E-state index contributed by atoms with van der Waals surface area (Å²) in [7, 11) is 0. The van der Waals surface area contributed by atoms with Gasteiger partial charge in [-0.05, 0) is 42.8 Å². The molecule has 1 atom stereocenters. The van der Waals surface area contributed by atoms with Gasteiger partial charge in [0.1, 0.15) is 6.04 Å². The topological polar surface area (TPSA) is 116 Å². The Morgan fingerprint density at radius 3 is 2.33 bits per heavy atom. The molecule has 1 heterocycles. The van der Waals surface area contributed by atoms with E-state index >= 15 is 0 Å². The zero-order chi connectivity index (χ0) is 23.2. The van der Waals surface area contributed by atoms with E-state index in [1.54, 1.807) is 37.3 Å². The summed E-state index contributed by atoms with van der Waals surface area (Å²) >= 11 is 0. The minimum atomic E-state index is -0.790. The fourth-order valence-corrected chi connectivity index (χ4v) is 3.30. The van der Waals surface area contributed by atoms with Crippen LogP contribution in [0.1, 0.15) is 33.3 Å². The molecule has 0 spiro atoms. The van der Waals surface area contributed by atoms with Crippen molar-refractivity contribution in [3.63, 3.8) is 0 Å². The van der Waals surface area contributed by atoms with Crippen molar-refractivity contribution >= 4 is 34.3 Å². The SMILES string of the molecule is CC(NC(=O)c1n[nH]c2ccccc12)C(=O)Nc1ccc(C(=O)NCc2ccccc2)cc1. The number of hydrogen-bond acceptors (Lipinski definition) is 4. The van der Waals surface area contributed by atoms with E-state index in [1.807, 2.05) is 48.5 Å². The number of hydrogen-bond donors (Lipinski definition) is 4. The summed E-state index contributed by atoms with van der Waals surface area (Å²) in [5, 5.41) is 15.8. The Morgan fingerprint density at radius 1 is 0.879 bits per heavy atom. The fraction of sp³-hybridized carbons (Fsp3) is 0.120. The molecule has 4 N–H and O–H groups in total. The Morgan fingerprint density at radius 2 is 1.58 bits per heavy atom. The molecule has 0 fully saturated rings. The highest BCUT2D eigenvalue weighted by molar-refractivity contribution is 6.07. The molecular formula is C25H23N5O3. The van der Waals surface area contributed by atoms with Crippen molar-refractivity contribution in [1.29, 1.82) is 0 Å². The number of anilines is 1. The van der Waals surface area contributed by atoms with Crippen LogP contribution in [0, 0.1) is 0 Å². The molecule has 8 heteroatoms. The Hall–Kier alpha value is -4.46. The highest BCUT2D eigenvalue weighted by Crippen LogP contribution is 2.15. The van der Waals surface area contributed by atoms with Gasteiger partial charge >= 0.3 is 0 Å². The van der Waals surface area contributed by atoms with Crippen molar-refractivity contribution in [2.75, 3.05) is 5.32 Å². The number of amides is 3. The number of carbonyl (C=O) groups excluding carboxylic acids is 3. The van der Waals surface area contributed by atoms with Gasteiger partial charge in [0.25, 0.3) is 11.8 Å². The number of aromatic nitrogens is 2. The Kier molecular flexibility index (Phi) is 6.45. The van der Waals surface area contributed by atoms with E-state index in [0.717, 1.165) is 11.1 Å². The third kappa shape index (κ3) is 5.24. The lowest BCUT2D eigenvalue weighted by Crippen LogP contribution is -2.41. The van der Waals surface area contributed by atoms with Crippen LogP contribution < -0.4 is 16.0 Å². The quantitative estimate of drug-likeness (QED) is 0.352. The van der Waals surface area contributed by atoms with Gasteiger partial charge in [-0.3, -0.25) is 19.5 Å². The maximum absolute atomic E-state index is 12.6. The lowest BCUT2D eigenvalue weighted by Gasteiger charge is -2.14. The molecule has 166 valence electrons. The first-order valence-corrected chi connectivity index (χ1v) is 10.5. The molecule has 0 saturated heterocycles. The van der Waals surface area contributed by atoms with Crippen molar-refractivity contribution in [1.82, 2.24) is 20.8 Å². The molecule has 0 aliphatic rings. The second-order valence-electron chi connectivity index (χ2n) is 7.55. The van der Waals surface area contributed by atoms with Gasteiger partial charge in [-0.25, -0.2) is 0 Å². The lowest BCUT2D eigenvalue weighted by atomic mass is 10.1. The molecule has 0 aliphatic heterocycles. The van der Waals surface area contributed by atoms with E-state index < -0.39 is 11.9 Å². The van der Waals surface area contributed by atoms with Gasteiger partial charge in [0.2, 0.25) is 5.91 Å². The van der Waals surface area contributed by atoms with Crippen molar-refractivity contribution in [2.45, 2.75) is 19.5 Å². The predicted molar refractivity (Wildman–Crippen MR) is 126 cm³/mol. The first-order valence-electron chi connectivity index (χ1n) is 10.5. The van der Waals surface area contributed by atoms with Gasteiger partial charge in [0, 0.05) is 23.2 Å². The number of benzene rings is 3. The van der Waals surface area contributed by atoms with Gasteiger partial charge in [-0.15, -0.1) is 0 Å². The van der Waals surface area contributed by atoms with Crippen LogP contribution in [0.15, 0.2) is 78.9 Å². The largest absolute Gasteiger partial charge is 0.348 e. The minimum absolute atomic E-state index is 0.205. The average Bonchev–Trinajstić information content (AvgIpc) is 3.28. The summed E-state index contributed by atoms with van der Waals surface area (Å²) < 4.78 is 0. The maximum atomic E-state index is 12.6. The van der Waals surface area contributed by atoms with Gasteiger partial charge in [-0.2, -0.15) is 5.10 Å². The van der Waals surface area contributed by atoms with Crippen LogP contribution in [0.25, 0.3) is 10.9 Å². The summed E-state index contributed by atoms with van der Waals surface area (Å²) in [6.07, 6.45) is 0. The first kappa shape index (κ1) is 21.8. The predicted octanol–water partition coefficient (Wildman–Crippen LogP) is 3.25. The first-order chi connectivity index (χ1) is 16.0. The van der Waals surface area contributed by atoms with Crippen LogP contribution in [0.3, 0.4) is 0 Å². The van der Waals surface area contributed by atoms with Crippen LogP contribution in [-0.4, -0.2) is 34.0 Å². The van der Waals surface area contributed by atoms with E-state index in [4.69, 9.17) is 0 Å². The highest BCUT2D eigenvalue weighted by Gasteiger charge is 2.20. The molecule has 8 nitrogen and oxygen atoms in total. The number of nitrogens with zero attached hydrogens (tertiary/aromatic N) is 1. The zero-order valence-electron chi connectivity index (χ0n) is 18.0. The molecule has 3 aromatic carbocycles. The molecule has 0 radical (unpaired) electrons. The number of rotatable bonds is 7. The maximum Gasteiger partial charge on any atom is 0.273 e. The number of fused-ring (bicyclic) bond motifs is 1. The summed E-state index contributed by atoms with van der Waals surface area (Å²) in [5.74, 6) is -1.03. The van der Waals surface area contributed by atoms with E-state index in [-0.39, 0.29) is 17.5 Å². The smallest absolute Gasteiger partial charge is 0.273 e. The van der Waals surface area contributed by atoms with Crippen LogP contribution >= 0.6 is 0 Å². The monoisotopic (exact) mass is 441 g/mol. The van der Waals surface area contributed by atoms with Crippen molar-refractivity contribution in [2.24, 2.45) is 0 Å². The standard InChI is InChI=1S/C25H23N5O3/c1-16(27-25(33)22-20-9-5-6-10-21(20)29-30-22)23(31)28-19-13-11-18(12-14-19)24(32)26-15-17-7-3-2-4-8-17/h2-14,16H,15H2,1H3,(H,26,32)(H,27,33)(H,28,31)(H,29,30). The molecule has 1 aromatic heterocycles. The van der Waals surface area contributed by atoms with E-state index in [1.165, 1.54) is 0 Å². The summed E-state index contributed by atoms with van der Waals surface area (Å²) in [6.45, 7) is 2.02. The molecular weight excluding hydrogens is 418 g/mol. The van der Waals surface area contributed by atoms with Crippen molar-refractivity contribution in [3.8, 4) is 0 Å². The van der Waals surface area contributed by atoms with Crippen molar-refractivity contribution in [3.05, 3.63) is 95.7 Å². The Balaban J connectivity index is 1.31. The molecule has 0 bridgehead atoms. The molecule has 0 saturated carbocycles. The number of H-pyrrole nitrogens is 1. The molecule has 3 amide bonds. The second kappa shape index (κ2) is 9.78. The second-order valence-corrected chi connectivity index (χ2v) is 7.55. The van der Waals surface area contributed by atoms with E-state index in [0.29, 0.717) is 23.2 Å². The number of carbonyl (C=O) groups is 3. The highest BCUT2D eigenvalue weighted by atomic mass is 16.2. The van der Waals surface area contributed by atoms with Gasteiger partial charge in [0.05, 0.1) is 5.52 Å². The number of aromatic amines is 1. The van der Waals surface area contributed by atoms with Gasteiger partial charge in [0.15, 0.2) is 5.69 Å². The van der Waals surface area contributed by atoms with Crippen LogP contribution in [0.2, 0.25) is 0 Å². The van der Waals surface area contributed by atoms with Crippen LogP contribution in [0.5, 0.6) is 0 Å². The number of para-hydroxylation sites is 1. The van der Waals surface area contributed by atoms with Crippen molar-refractivity contribution < 1.29 is 14.4 Å². The Bertz CT molecular complexity index is 1280. The normalized spacial score (nSPS) is 11.5. The third-order valence-electron chi connectivity index (χ3n) is 5.14. The molecule has 4 aromatic rings. The summed E-state index contributed by atoms with van der Waals surface area (Å²) in [6, 6.07) is 22.7. The molecule has 4 rings (SSSR count). The molecule has 1 unspecified atom stereocenters. The lowest BCUT2D eigenvalue weighted by molar-refractivity contribution is -0.117.